The van der Waals surface area contributed by atoms with E-state index in [2.05, 4.69) is 5.32 Å². The second kappa shape index (κ2) is 6.52. The van der Waals surface area contributed by atoms with Crippen LogP contribution in [0.15, 0.2) is 29.2 Å². The zero-order valence-electron chi connectivity index (χ0n) is 12.9. The highest BCUT2D eigenvalue weighted by Gasteiger charge is 2.41. The van der Waals surface area contributed by atoms with Crippen LogP contribution >= 0.6 is 11.8 Å². The number of carbonyl (C=O) groups excluding carboxylic acids is 2. The first-order valence-corrected chi connectivity index (χ1v) is 8.49. The van der Waals surface area contributed by atoms with Gasteiger partial charge < -0.3 is 5.32 Å². The van der Waals surface area contributed by atoms with Gasteiger partial charge in [0.15, 0.2) is 0 Å². The van der Waals surface area contributed by atoms with Gasteiger partial charge in [-0.1, -0.05) is 26.8 Å². The van der Waals surface area contributed by atoms with Crippen LogP contribution in [0.25, 0.3) is 0 Å². The number of amides is 2. The number of rotatable bonds is 4. The predicted molar refractivity (Wildman–Crippen MR) is 86.6 cm³/mol. The van der Waals surface area contributed by atoms with Gasteiger partial charge in [0.2, 0.25) is 5.91 Å². The summed E-state index contributed by atoms with van der Waals surface area (Å²) in [6, 6.07) is 6.93. The number of hydrogen-bond donors (Lipinski definition) is 1. The summed E-state index contributed by atoms with van der Waals surface area (Å²) >= 11 is 1.63. The minimum Gasteiger partial charge on any atom is -0.342 e. The number of anilines is 1. The topological polar surface area (TPSA) is 49.4 Å². The third-order valence-corrected chi connectivity index (χ3v) is 4.53. The van der Waals surface area contributed by atoms with Gasteiger partial charge >= 0.3 is 0 Å². The molecule has 4 nitrogen and oxygen atoms in total. The number of thioether (sulfide) groups is 1. The van der Waals surface area contributed by atoms with E-state index in [1.165, 1.54) is 0 Å². The quantitative estimate of drug-likeness (QED) is 0.870. The molecule has 2 rings (SSSR count). The largest absolute Gasteiger partial charge is 0.342 e. The fraction of sp³-hybridized carbons (Fsp3) is 0.500. The molecule has 5 heteroatoms. The van der Waals surface area contributed by atoms with Crippen LogP contribution in [-0.2, 0) is 9.59 Å². The molecule has 1 fully saturated rings. The Labute approximate surface area is 130 Å². The van der Waals surface area contributed by atoms with Crippen molar-refractivity contribution >= 4 is 29.3 Å². The molecule has 0 aliphatic carbocycles. The first-order valence-electron chi connectivity index (χ1n) is 7.27. The summed E-state index contributed by atoms with van der Waals surface area (Å²) in [5.74, 6) is -0.00875. The molecule has 1 aliphatic heterocycles. The Balaban J connectivity index is 2.43. The number of nitrogens with zero attached hydrogens (tertiary/aromatic N) is 1. The third kappa shape index (κ3) is 3.07. The molecule has 1 saturated heterocycles. The maximum absolute atomic E-state index is 12.8. The van der Waals surface area contributed by atoms with Crippen LogP contribution in [0.3, 0.4) is 0 Å². The lowest BCUT2D eigenvalue weighted by atomic mass is 9.96. The molecule has 114 valence electrons. The van der Waals surface area contributed by atoms with E-state index in [1.54, 1.807) is 16.7 Å². The highest BCUT2D eigenvalue weighted by atomic mass is 32.2. The molecule has 2 amide bonds. The van der Waals surface area contributed by atoms with Crippen molar-refractivity contribution in [1.29, 1.82) is 0 Å². The van der Waals surface area contributed by atoms with Crippen LogP contribution in [-0.4, -0.2) is 30.2 Å². The lowest BCUT2D eigenvalue weighted by Gasteiger charge is -2.40. The minimum absolute atomic E-state index is 0.0188. The number of carbonyl (C=O) groups is 2. The van der Waals surface area contributed by atoms with Gasteiger partial charge in [-0.25, -0.2) is 0 Å². The normalized spacial score (nSPS) is 22.6. The monoisotopic (exact) mass is 306 g/mol. The lowest BCUT2D eigenvalue weighted by Crippen LogP contribution is -2.64. The van der Waals surface area contributed by atoms with Crippen molar-refractivity contribution in [3.05, 3.63) is 24.3 Å². The molecule has 1 aliphatic rings. The average Bonchev–Trinajstić information content (AvgIpc) is 2.48. The van der Waals surface area contributed by atoms with Gasteiger partial charge in [-0.15, -0.1) is 11.8 Å². The number of piperazine rings is 1. The summed E-state index contributed by atoms with van der Waals surface area (Å²) in [6.45, 7) is 5.83. The van der Waals surface area contributed by atoms with Crippen LogP contribution in [0.2, 0.25) is 0 Å². The number of nitrogens with one attached hydrogen (secondary N) is 1. The van der Waals surface area contributed by atoms with E-state index < -0.39 is 12.1 Å². The van der Waals surface area contributed by atoms with Crippen molar-refractivity contribution in [1.82, 2.24) is 5.32 Å². The van der Waals surface area contributed by atoms with Gasteiger partial charge in [0.1, 0.15) is 12.1 Å². The molecule has 2 atom stereocenters. The van der Waals surface area contributed by atoms with E-state index in [0.29, 0.717) is 6.42 Å². The molecule has 2 unspecified atom stereocenters. The predicted octanol–water partition coefficient (Wildman–Crippen LogP) is 2.67. The molecule has 21 heavy (non-hydrogen) atoms. The summed E-state index contributed by atoms with van der Waals surface area (Å²) < 4.78 is 0. The highest BCUT2D eigenvalue weighted by Crippen LogP contribution is 2.28. The van der Waals surface area contributed by atoms with Crippen LogP contribution < -0.4 is 10.2 Å². The SMILES string of the molecule is CCC1C(=O)NC(C(C)C)C(=O)N1c1cccc(SC)c1. The molecule has 1 N–H and O–H groups in total. The van der Waals surface area contributed by atoms with Gasteiger partial charge in [0, 0.05) is 10.6 Å². The molecule has 0 bridgehead atoms. The molecule has 0 radical (unpaired) electrons. The maximum Gasteiger partial charge on any atom is 0.250 e. The van der Waals surface area contributed by atoms with Gasteiger partial charge in [0.25, 0.3) is 5.91 Å². The fourth-order valence-corrected chi connectivity index (χ4v) is 3.07. The summed E-state index contributed by atoms with van der Waals surface area (Å²) in [7, 11) is 0. The van der Waals surface area contributed by atoms with Gasteiger partial charge in [-0.05, 0) is 36.8 Å². The van der Waals surface area contributed by atoms with Crippen LogP contribution in [0.5, 0.6) is 0 Å². The molecular weight excluding hydrogens is 284 g/mol. The number of benzene rings is 1. The first kappa shape index (κ1) is 15.9. The second-order valence-corrected chi connectivity index (χ2v) is 6.44. The van der Waals surface area contributed by atoms with E-state index in [9.17, 15) is 9.59 Å². The highest BCUT2D eigenvalue weighted by molar-refractivity contribution is 7.98. The minimum atomic E-state index is -0.446. The zero-order chi connectivity index (χ0) is 15.6. The Kier molecular flexibility index (Phi) is 4.93. The van der Waals surface area contributed by atoms with E-state index in [4.69, 9.17) is 0 Å². The van der Waals surface area contributed by atoms with E-state index >= 15 is 0 Å². The summed E-state index contributed by atoms with van der Waals surface area (Å²) in [5.41, 5.74) is 0.805. The van der Waals surface area contributed by atoms with Gasteiger partial charge in [-0.3, -0.25) is 14.5 Å². The molecule has 0 spiro atoms. The van der Waals surface area contributed by atoms with Crippen molar-refractivity contribution in [2.24, 2.45) is 5.92 Å². The average molecular weight is 306 g/mol. The maximum atomic E-state index is 12.8. The first-order chi connectivity index (χ1) is 9.99. The van der Waals surface area contributed by atoms with Gasteiger partial charge in [0.05, 0.1) is 0 Å². The molecule has 1 heterocycles. The molecule has 1 aromatic carbocycles. The smallest absolute Gasteiger partial charge is 0.250 e. The summed E-state index contributed by atoms with van der Waals surface area (Å²) in [6.07, 6.45) is 2.60. The van der Waals surface area contributed by atoms with Crippen molar-refractivity contribution in [3.8, 4) is 0 Å². The Hall–Kier alpha value is -1.49. The summed E-state index contributed by atoms with van der Waals surface area (Å²) in [5, 5.41) is 2.86. The molecule has 1 aromatic rings. The summed E-state index contributed by atoms with van der Waals surface area (Å²) in [4.78, 5) is 27.9. The van der Waals surface area contributed by atoms with E-state index in [0.717, 1.165) is 10.6 Å². The van der Waals surface area contributed by atoms with Crippen LogP contribution in [0.1, 0.15) is 27.2 Å². The Bertz CT molecular complexity index is 545. The van der Waals surface area contributed by atoms with Crippen molar-refractivity contribution < 1.29 is 9.59 Å². The van der Waals surface area contributed by atoms with Crippen LogP contribution in [0.4, 0.5) is 5.69 Å². The van der Waals surface area contributed by atoms with Crippen LogP contribution in [0, 0.1) is 5.92 Å². The molecule has 0 aromatic heterocycles. The number of hydrogen-bond acceptors (Lipinski definition) is 3. The standard InChI is InChI=1S/C16H22N2O2S/c1-5-13-15(19)17-14(10(2)3)16(20)18(13)11-7-6-8-12(9-11)21-4/h6-10,13-14H,5H2,1-4H3,(H,17,19). The van der Waals surface area contributed by atoms with E-state index in [1.807, 2.05) is 51.3 Å². The van der Waals surface area contributed by atoms with Gasteiger partial charge in [-0.2, -0.15) is 0 Å². The lowest BCUT2D eigenvalue weighted by molar-refractivity contribution is -0.134. The Morgan fingerprint density at radius 2 is 2.05 bits per heavy atom. The third-order valence-electron chi connectivity index (χ3n) is 3.80. The Morgan fingerprint density at radius 3 is 2.62 bits per heavy atom. The molecular formula is C16H22N2O2S. The van der Waals surface area contributed by atoms with Crippen molar-refractivity contribution in [3.63, 3.8) is 0 Å². The van der Waals surface area contributed by atoms with Crippen molar-refractivity contribution in [2.75, 3.05) is 11.2 Å². The Morgan fingerprint density at radius 1 is 1.33 bits per heavy atom. The van der Waals surface area contributed by atoms with Crippen molar-refractivity contribution in [2.45, 2.75) is 44.2 Å². The van der Waals surface area contributed by atoms with E-state index in [-0.39, 0.29) is 17.7 Å². The second-order valence-electron chi connectivity index (χ2n) is 5.56. The zero-order valence-corrected chi connectivity index (χ0v) is 13.7. The fourth-order valence-electron chi connectivity index (χ4n) is 2.62. The molecule has 0 saturated carbocycles.